The van der Waals surface area contributed by atoms with Crippen LogP contribution in [0.1, 0.15) is 19.3 Å². The fourth-order valence-corrected chi connectivity index (χ4v) is 3.19. The van der Waals surface area contributed by atoms with Gasteiger partial charge in [-0.1, -0.05) is 12.5 Å². The Labute approximate surface area is 136 Å². The quantitative estimate of drug-likeness (QED) is 0.668. The third-order valence-corrected chi connectivity index (χ3v) is 5.15. The molecule has 0 bridgehead atoms. The van der Waals surface area contributed by atoms with Gasteiger partial charge in [-0.15, -0.1) is 0 Å². The average Bonchev–Trinajstić information content (AvgIpc) is 2.45. The molecule has 1 fully saturated rings. The van der Waals surface area contributed by atoms with E-state index in [9.17, 15) is 13.2 Å². The van der Waals surface area contributed by atoms with Gasteiger partial charge in [0, 0.05) is 24.8 Å². The van der Waals surface area contributed by atoms with Crippen molar-refractivity contribution in [1.29, 1.82) is 0 Å². The molecule has 1 aliphatic rings. The number of carbonyl (C=O) groups is 1. The number of hydrogen-bond donors (Lipinski definition) is 3. The summed E-state index contributed by atoms with van der Waals surface area (Å²) in [5.74, 6) is 0.963. The van der Waals surface area contributed by atoms with Gasteiger partial charge in [0.05, 0.1) is 12.9 Å². The molecule has 1 aliphatic carbocycles. The van der Waals surface area contributed by atoms with Crippen LogP contribution in [0, 0.1) is 5.92 Å². The smallest absolute Gasteiger partial charge is 0.319 e. The van der Waals surface area contributed by atoms with Gasteiger partial charge in [0.1, 0.15) is 5.75 Å². The molecule has 0 spiro atoms. The van der Waals surface area contributed by atoms with Gasteiger partial charge < -0.3 is 15.4 Å². The molecule has 0 saturated heterocycles. The highest BCUT2D eigenvalue weighted by atomic mass is 32.2. The molecule has 0 heterocycles. The van der Waals surface area contributed by atoms with Crippen LogP contribution in [-0.4, -0.2) is 40.4 Å². The number of hydrogen-bond acceptors (Lipinski definition) is 4. The number of rotatable bonds is 8. The lowest BCUT2D eigenvalue weighted by molar-refractivity contribution is 0.252. The lowest BCUT2D eigenvalue weighted by atomic mass is 9.86. The number of amides is 2. The Hall–Kier alpha value is -1.80. The Kier molecular flexibility index (Phi) is 6.23. The standard InChI is InChI=1S/C15H23N3O4S/c1-22-14-7-3-6-13(10-14)18-15(19)16-8-9-23(20,21)17-11-12-4-2-5-12/h3,6-7,10,12,17H,2,4-5,8-9,11H2,1H3,(H2,16,18,19). The molecule has 8 heteroatoms. The molecule has 1 aromatic rings. The summed E-state index contributed by atoms with van der Waals surface area (Å²) in [5.41, 5.74) is 0.577. The first kappa shape index (κ1) is 17.6. The fourth-order valence-electron chi connectivity index (χ4n) is 2.19. The number of carbonyl (C=O) groups excluding carboxylic acids is 1. The Morgan fingerprint density at radius 3 is 2.78 bits per heavy atom. The van der Waals surface area contributed by atoms with Crippen molar-refractivity contribution in [3.8, 4) is 5.75 Å². The fraction of sp³-hybridized carbons (Fsp3) is 0.533. The second kappa shape index (κ2) is 8.16. The van der Waals surface area contributed by atoms with Crippen molar-refractivity contribution in [2.45, 2.75) is 19.3 Å². The molecule has 0 aliphatic heterocycles. The molecule has 0 unspecified atom stereocenters. The largest absolute Gasteiger partial charge is 0.497 e. The summed E-state index contributed by atoms with van der Waals surface area (Å²) in [7, 11) is -1.80. The van der Waals surface area contributed by atoms with Gasteiger partial charge in [-0.25, -0.2) is 17.9 Å². The summed E-state index contributed by atoms with van der Waals surface area (Å²) >= 11 is 0. The molecule has 1 saturated carbocycles. The van der Waals surface area contributed by atoms with Crippen molar-refractivity contribution in [1.82, 2.24) is 10.0 Å². The molecular formula is C15H23N3O4S. The summed E-state index contributed by atoms with van der Waals surface area (Å²) < 4.78 is 31.2. The van der Waals surface area contributed by atoms with Crippen LogP contribution in [0.3, 0.4) is 0 Å². The third kappa shape index (κ3) is 6.07. The molecule has 2 rings (SSSR count). The van der Waals surface area contributed by atoms with E-state index in [1.165, 1.54) is 6.42 Å². The normalized spacial score (nSPS) is 14.8. The van der Waals surface area contributed by atoms with Gasteiger partial charge in [-0.2, -0.15) is 0 Å². The van der Waals surface area contributed by atoms with Crippen LogP contribution in [0.4, 0.5) is 10.5 Å². The molecule has 2 amide bonds. The van der Waals surface area contributed by atoms with Crippen LogP contribution in [0.5, 0.6) is 5.75 Å². The van der Waals surface area contributed by atoms with E-state index < -0.39 is 16.1 Å². The van der Waals surface area contributed by atoms with Crippen molar-refractivity contribution in [3.63, 3.8) is 0 Å². The number of nitrogens with one attached hydrogen (secondary N) is 3. The topological polar surface area (TPSA) is 96.5 Å². The molecular weight excluding hydrogens is 318 g/mol. The maximum absolute atomic E-state index is 11.8. The van der Waals surface area contributed by atoms with E-state index in [-0.39, 0.29) is 12.3 Å². The van der Waals surface area contributed by atoms with Gasteiger partial charge in [-0.3, -0.25) is 0 Å². The second-order valence-electron chi connectivity index (χ2n) is 5.58. The number of sulfonamides is 1. The molecule has 7 nitrogen and oxygen atoms in total. The summed E-state index contributed by atoms with van der Waals surface area (Å²) in [6.45, 7) is 0.550. The van der Waals surface area contributed by atoms with Crippen molar-refractivity contribution in [2.24, 2.45) is 5.92 Å². The van der Waals surface area contributed by atoms with Crippen molar-refractivity contribution in [2.75, 3.05) is 31.3 Å². The zero-order valence-electron chi connectivity index (χ0n) is 13.2. The van der Waals surface area contributed by atoms with Crippen LogP contribution in [0.15, 0.2) is 24.3 Å². The van der Waals surface area contributed by atoms with Gasteiger partial charge in [0.2, 0.25) is 10.0 Å². The molecule has 0 atom stereocenters. The zero-order valence-corrected chi connectivity index (χ0v) is 14.0. The van der Waals surface area contributed by atoms with Crippen molar-refractivity contribution in [3.05, 3.63) is 24.3 Å². The molecule has 0 radical (unpaired) electrons. The number of anilines is 1. The Morgan fingerprint density at radius 2 is 2.13 bits per heavy atom. The van der Waals surface area contributed by atoms with E-state index in [2.05, 4.69) is 15.4 Å². The van der Waals surface area contributed by atoms with Gasteiger partial charge in [0.15, 0.2) is 0 Å². The van der Waals surface area contributed by atoms with Crippen LogP contribution in [0.2, 0.25) is 0 Å². The third-order valence-electron chi connectivity index (χ3n) is 3.80. The van der Waals surface area contributed by atoms with Crippen LogP contribution in [-0.2, 0) is 10.0 Å². The second-order valence-corrected chi connectivity index (χ2v) is 7.50. The molecule has 23 heavy (non-hydrogen) atoms. The Balaban J connectivity index is 1.68. The zero-order chi connectivity index (χ0) is 16.7. The monoisotopic (exact) mass is 341 g/mol. The number of benzene rings is 1. The minimum Gasteiger partial charge on any atom is -0.497 e. The summed E-state index contributed by atoms with van der Waals surface area (Å²) in [4.78, 5) is 11.7. The first-order chi connectivity index (χ1) is 11.0. The first-order valence-corrected chi connectivity index (χ1v) is 9.30. The van der Waals surface area contributed by atoms with Crippen LogP contribution in [0.25, 0.3) is 0 Å². The lowest BCUT2D eigenvalue weighted by Gasteiger charge is -2.25. The van der Waals surface area contributed by atoms with E-state index >= 15 is 0 Å². The van der Waals surface area contributed by atoms with E-state index in [1.807, 2.05) is 0 Å². The average molecular weight is 341 g/mol. The number of ether oxygens (including phenoxy) is 1. The molecule has 0 aromatic heterocycles. The Morgan fingerprint density at radius 1 is 1.35 bits per heavy atom. The SMILES string of the molecule is COc1cccc(NC(=O)NCCS(=O)(=O)NCC2CCC2)c1. The number of methoxy groups -OCH3 is 1. The number of urea groups is 1. The first-order valence-electron chi connectivity index (χ1n) is 7.65. The molecule has 1 aromatic carbocycles. The molecule has 128 valence electrons. The summed E-state index contributed by atoms with van der Waals surface area (Å²) in [6.07, 6.45) is 3.35. The maximum Gasteiger partial charge on any atom is 0.319 e. The highest BCUT2D eigenvalue weighted by Gasteiger charge is 2.20. The minimum atomic E-state index is -3.34. The predicted octanol–water partition coefficient (Wildman–Crippen LogP) is 1.54. The molecule has 3 N–H and O–H groups in total. The maximum atomic E-state index is 11.8. The van der Waals surface area contributed by atoms with Gasteiger partial charge in [-0.05, 0) is 30.9 Å². The van der Waals surface area contributed by atoms with Crippen LogP contribution < -0.4 is 20.1 Å². The van der Waals surface area contributed by atoms with Gasteiger partial charge in [0.25, 0.3) is 0 Å². The predicted molar refractivity (Wildman–Crippen MR) is 89.1 cm³/mol. The van der Waals surface area contributed by atoms with E-state index in [1.54, 1.807) is 31.4 Å². The lowest BCUT2D eigenvalue weighted by Crippen LogP contribution is -2.38. The van der Waals surface area contributed by atoms with E-state index in [0.717, 1.165) is 12.8 Å². The Bertz CT molecular complexity index is 629. The van der Waals surface area contributed by atoms with Gasteiger partial charge >= 0.3 is 6.03 Å². The van der Waals surface area contributed by atoms with Crippen LogP contribution >= 0.6 is 0 Å². The minimum absolute atomic E-state index is 0.0514. The summed E-state index contributed by atoms with van der Waals surface area (Å²) in [6, 6.07) is 6.47. The highest BCUT2D eigenvalue weighted by molar-refractivity contribution is 7.89. The summed E-state index contributed by atoms with van der Waals surface area (Å²) in [5, 5.41) is 5.16. The van der Waals surface area contributed by atoms with Crippen molar-refractivity contribution >= 4 is 21.7 Å². The van der Waals surface area contributed by atoms with E-state index in [4.69, 9.17) is 4.74 Å². The van der Waals surface area contributed by atoms with Crippen molar-refractivity contribution < 1.29 is 17.9 Å². The van der Waals surface area contributed by atoms with E-state index in [0.29, 0.717) is 23.9 Å². The highest BCUT2D eigenvalue weighted by Crippen LogP contribution is 2.25.